The largest absolute Gasteiger partial charge is 0.496 e. The molecule has 0 aliphatic rings. The van der Waals surface area contributed by atoms with Crippen molar-refractivity contribution in [1.29, 1.82) is 0 Å². The number of rotatable bonds is 8. The monoisotopic (exact) mass is 421 g/mol. The quantitative estimate of drug-likeness (QED) is 0.533. The first kappa shape index (κ1) is 23.6. The Morgan fingerprint density at radius 1 is 0.742 bits per heavy atom. The normalized spacial score (nSPS) is 10.1. The zero-order valence-corrected chi connectivity index (χ0v) is 17.5. The molecule has 3 rings (SSSR count). The lowest BCUT2D eigenvalue weighted by Gasteiger charge is -2.23. The SMILES string of the molecule is COc1ccccc1CN(CCc1ccccc1)Cc1ccccc1.O=C(O)C(=O)O. The van der Waals surface area contributed by atoms with Crippen LogP contribution in [0.1, 0.15) is 16.7 Å². The minimum Gasteiger partial charge on any atom is -0.496 e. The van der Waals surface area contributed by atoms with Gasteiger partial charge in [0.1, 0.15) is 5.75 Å². The summed E-state index contributed by atoms with van der Waals surface area (Å²) in [5.41, 5.74) is 3.94. The predicted octanol–water partition coefficient (Wildman–Crippen LogP) is 4.10. The minimum absolute atomic E-state index is 0.881. The number of methoxy groups -OCH3 is 1. The molecular weight excluding hydrogens is 394 g/mol. The van der Waals surface area contributed by atoms with E-state index in [4.69, 9.17) is 24.5 Å². The summed E-state index contributed by atoms with van der Waals surface area (Å²) in [6.07, 6.45) is 1.04. The Labute approximate surface area is 182 Å². The molecule has 0 aliphatic carbocycles. The Balaban J connectivity index is 0.000000501. The highest BCUT2D eigenvalue weighted by atomic mass is 16.5. The van der Waals surface area contributed by atoms with E-state index in [-0.39, 0.29) is 0 Å². The summed E-state index contributed by atoms with van der Waals surface area (Å²) in [4.78, 5) is 20.7. The van der Waals surface area contributed by atoms with E-state index >= 15 is 0 Å². The molecule has 6 nitrogen and oxygen atoms in total. The average molecular weight is 421 g/mol. The number of benzene rings is 3. The maximum Gasteiger partial charge on any atom is 0.414 e. The molecule has 0 aromatic heterocycles. The van der Waals surface area contributed by atoms with Gasteiger partial charge in [0.25, 0.3) is 0 Å². The summed E-state index contributed by atoms with van der Waals surface area (Å²) >= 11 is 0. The first-order valence-electron chi connectivity index (χ1n) is 9.88. The van der Waals surface area contributed by atoms with Crippen molar-refractivity contribution in [3.05, 3.63) is 102 Å². The van der Waals surface area contributed by atoms with Crippen molar-refractivity contribution in [2.24, 2.45) is 0 Å². The van der Waals surface area contributed by atoms with E-state index in [1.807, 2.05) is 12.1 Å². The molecule has 0 bridgehead atoms. The maximum absolute atomic E-state index is 9.10. The van der Waals surface area contributed by atoms with Gasteiger partial charge in [0, 0.05) is 25.2 Å². The van der Waals surface area contributed by atoms with Crippen molar-refractivity contribution in [3.63, 3.8) is 0 Å². The fraction of sp³-hybridized carbons (Fsp3) is 0.200. The van der Waals surface area contributed by atoms with Gasteiger partial charge in [-0.3, -0.25) is 4.90 Å². The van der Waals surface area contributed by atoms with Gasteiger partial charge in [-0.25, -0.2) is 9.59 Å². The number of hydrogen-bond acceptors (Lipinski definition) is 4. The van der Waals surface area contributed by atoms with Crippen LogP contribution in [0, 0.1) is 0 Å². The molecule has 31 heavy (non-hydrogen) atoms. The summed E-state index contributed by atoms with van der Waals surface area (Å²) < 4.78 is 5.53. The molecule has 2 N–H and O–H groups in total. The zero-order valence-electron chi connectivity index (χ0n) is 17.5. The van der Waals surface area contributed by atoms with Gasteiger partial charge < -0.3 is 14.9 Å². The molecule has 162 valence electrons. The van der Waals surface area contributed by atoms with Gasteiger partial charge in [-0.1, -0.05) is 78.9 Å². The van der Waals surface area contributed by atoms with Gasteiger partial charge in [0.15, 0.2) is 0 Å². The smallest absolute Gasteiger partial charge is 0.414 e. The lowest BCUT2D eigenvalue weighted by atomic mass is 10.1. The van der Waals surface area contributed by atoms with Gasteiger partial charge in [0.2, 0.25) is 0 Å². The number of aliphatic carboxylic acids is 2. The first-order chi connectivity index (χ1) is 15.0. The molecule has 0 amide bonds. The zero-order chi connectivity index (χ0) is 22.5. The molecular formula is C25H27NO5. The summed E-state index contributed by atoms with van der Waals surface area (Å²) in [5, 5.41) is 14.8. The topological polar surface area (TPSA) is 87.1 Å². The van der Waals surface area contributed by atoms with Gasteiger partial charge in [-0.2, -0.15) is 0 Å². The van der Waals surface area contributed by atoms with Crippen LogP contribution in [0.5, 0.6) is 5.75 Å². The molecule has 6 heteroatoms. The van der Waals surface area contributed by atoms with Gasteiger partial charge in [0.05, 0.1) is 7.11 Å². The van der Waals surface area contributed by atoms with Crippen molar-refractivity contribution in [1.82, 2.24) is 4.90 Å². The fourth-order valence-corrected chi connectivity index (χ4v) is 3.06. The number of hydrogen-bond donors (Lipinski definition) is 2. The predicted molar refractivity (Wildman–Crippen MR) is 119 cm³/mol. The van der Waals surface area contributed by atoms with Crippen molar-refractivity contribution < 1.29 is 24.5 Å². The highest BCUT2D eigenvalue weighted by Gasteiger charge is 2.11. The van der Waals surface area contributed by atoms with E-state index in [0.29, 0.717) is 0 Å². The summed E-state index contributed by atoms with van der Waals surface area (Å²) in [7, 11) is 1.74. The van der Waals surface area contributed by atoms with Crippen LogP contribution in [0.3, 0.4) is 0 Å². The number of ether oxygens (including phenoxy) is 1. The number of nitrogens with zero attached hydrogens (tertiary/aromatic N) is 1. The van der Waals surface area contributed by atoms with Crippen molar-refractivity contribution in [3.8, 4) is 5.75 Å². The van der Waals surface area contributed by atoms with E-state index in [2.05, 4.69) is 77.7 Å². The van der Waals surface area contributed by atoms with Crippen LogP contribution in [0.15, 0.2) is 84.9 Å². The third-order valence-corrected chi connectivity index (χ3v) is 4.58. The van der Waals surface area contributed by atoms with Gasteiger partial charge in [-0.05, 0) is 23.6 Å². The third kappa shape index (κ3) is 8.72. The lowest BCUT2D eigenvalue weighted by molar-refractivity contribution is -0.159. The van der Waals surface area contributed by atoms with Crippen LogP contribution in [0.2, 0.25) is 0 Å². The van der Waals surface area contributed by atoms with Gasteiger partial charge >= 0.3 is 11.9 Å². The van der Waals surface area contributed by atoms with E-state index < -0.39 is 11.9 Å². The molecule has 0 radical (unpaired) electrons. The van der Waals surface area contributed by atoms with Crippen molar-refractivity contribution in [2.45, 2.75) is 19.5 Å². The number of carbonyl (C=O) groups is 2. The Hall–Kier alpha value is -3.64. The Morgan fingerprint density at radius 3 is 1.81 bits per heavy atom. The Kier molecular flexibility index (Phi) is 9.78. The summed E-state index contributed by atoms with van der Waals surface area (Å²) in [6, 6.07) is 29.6. The van der Waals surface area contributed by atoms with E-state index in [9.17, 15) is 0 Å². The highest BCUT2D eigenvalue weighted by molar-refractivity contribution is 6.27. The summed E-state index contributed by atoms with van der Waals surface area (Å²) in [6.45, 7) is 2.83. The molecule has 3 aromatic carbocycles. The number of carboxylic acid groups (broad SMARTS) is 2. The fourth-order valence-electron chi connectivity index (χ4n) is 3.06. The Morgan fingerprint density at radius 2 is 1.26 bits per heavy atom. The van der Waals surface area contributed by atoms with Crippen LogP contribution in [0.4, 0.5) is 0 Å². The van der Waals surface area contributed by atoms with Crippen LogP contribution in [0.25, 0.3) is 0 Å². The molecule has 3 aromatic rings. The molecule has 0 unspecified atom stereocenters. The van der Waals surface area contributed by atoms with E-state index in [0.717, 1.165) is 31.8 Å². The van der Waals surface area contributed by atoms with Gasteiger partial charge in [-0.15, -0.1) is 0 Å². The van der Waals surface area contributed by atoms with Crippen LogP contribution in [-0.4, -0.2) is 40.7 Å². The van der Waals surface area contributed by atoms with E-state index in [1.54, 1.807) is 7.11 Å². The summed E-state index contributed by atoms with van der Waals surface area (Å²) in [5.74, 6) is -2.69. The molecule has 0 saturated heterocycles. The second kappa shape index (κ2) is 12.8. The molecule has 0 spiro atoms. The molecule has 0 atom stereocenters. The molecule has 0 fully saturated rings. The van der Waals surface area contributed by atoms with E-state index in [1.165, 1.54) is 16.7 Å². The second-order valence-corrected chi connectivity index (χ2v) is 6.85. The van der Waals surface area contributed by atoms with Crippen LogP contribution >= 0.6 is 0 Å². The molecule has 0 aliphatic heterocycles. The number of carboxylic acids is 2. The van der Waals surface area contributed by atoms with Crippen molar-refractivity contribution >= 4 is 11.9 Å². The van der Waals surface area contributed by atoms with Crippen molar-refractivity contribution in [2.75, 3.05) is 13.7 Å². The second-order valence-electron chi connectivity index (χ2n) is 6.85. The lowest BCUT2D eigenvalue weighted by Crippen LogP contribution is -2.25. The third-order valence-electron chi connectivity index (χ3n) is 4.58. The Bertz CT molecular complexity index is 932. The van der Waals surface area contributed by atoms with Crippen LogP contribution < -0.4 is 4.74 Å². The standard InChI is InChI=1S/C23H25NO.C2H2O4/c1-25-23-15-9-8-14-22(23)19-24(18-21-12-6-3-7-13-21)17-16-20-10-4-2-5-11-20;3-1(4)2(5)6/h2-15H,16-19H2,1H3;(H,3,4)(H,5,6). The number of para-hydroxylation sites is 1. The first-order valence-corrected chi connectivity index (χ1v) is 9.88. The average Bonchev–Trinajstić information content (AvgIpc) is 2.79. The highest BCUT2D eigenvalue weighted by Crippen LogP contribution is 2.20. The molecule has 0 saturated carbocycles. The maximum atomic E-state index is 9.10. The molecule has 0 heterocycles. The minimum atomic E-state index is -1.82. The van der Waals surface area contributed by atoms with Crippen LogP contribution in [-0.2, 0) is 29.1 Å².